The van der Waals surface area contributed by atoms with E-state index in [0.29, 0.717) is 5.89 Å². The number of nitrogens with zero attached hydrogens (tertiary/aromatic N) is 2. The van der Waals surface area contributed by atoms with Gasteiger partial charge in [-0.15, -0.1) is 0 Å². The lowest BCUT2D eigenvalue weighted by atomic mass is 9.84. The van der Waals surface area contributed by atoms with Crippen LogP contribution in [0, 0.1) is 12.8 Å². The molecule has 1 aromatic heterocycles. The fourth-order valence-electron chi connectivity index (χ4n) is 4.45. The van der Waals surface area contributed by atoms with Crippen molar-refractivity contribution in [2.45, 2.75) is 77.2 Å². The van der Waals surface area contributed by atoms with E-state index in [1.165, 1.54) is 38.5 Å². The fraction of sp³-hybridized carbons (Fsp3) is 0.810. The van der Waals surface area contributed by atoms with Crippen LogP contribution in [0.1, 0.15) is 81.1 Å². The Labute approximate surface area is 167 Å². The van der Waals surface area contributed by atoms with Crippen LogP contribution in [0.4, 0.5) is 0 Å². The number of morpholine rings is 1. The smallest absolute Gasteiger partial charge is 0.244 e. The number of rotatable bonds is 9. The Kier molecular flexibility index (Phi) is 8.30. The monoisotopic (exact) mass is 393 g/mol. The van der Waals surface area contributed by atoms with Gasteiger partial charge in [0.15, 0.2) is 5.89 Å². The Hall–Kier alpha value is -1.44. The topological polar surface area (TPSA) is 87.8 Å². The lowest BCUT2D eigenvalue weighted by Gasteiger charge is -2.25. The minimum atomic E-state index is -0.381. The van der Waals surface area contributed by atoms with E-state index >= 15 is 0 Å². The molecule has 158 valence electrons. The zero-order chi connectivity index (χ0) is 19.8. The van der Waals surface area contributed by atoms with Gasteiger partial charge < -0.3 is 9.15 Å². The molecule has 1 aliphatic carbocycles. The Bertz CT molecular complexity index is 607. The maximum atomic E-state index is 11.8. The summed E-state index contributed by atoms with van der Waals surface area (Å²) < 4.78 is 11.4. The lowest BCUT2D eigenvalue weighted by molar-refractivity contribution is -0.129. The van der Waals surface area contributed by atoms with E-state index in [9.17, 15) is 4.79 Å². The molecular weight excluding hydrogens is 358 g/mol. The minimum absolute atomic E-state index is 0.0899. The van der Waals surface area contributed by atoms with Crippen LogP contribution >= 0.6 is 0 Å². The molecule has 0 aromatic carbocycles. The standard InChI is InChI=1S/C21H35N3O4/c1-16-19(15-24-10-12-27-13-11-24)22-21(28-16)18(14-20(25)23-26)9-5-8-17-6-3-2-4-7-17/h17-18,26H,2-15H2,1H3,(H,23,25)/t18-/m0/s1. The van der Waals surface area contributed by atoms with Crippen LogP contribution in [0.25, 0.3) is 0 Å². The van der Waals surface area contributed by atoms with Crippen LogP contribution in [0.5, 0.6) is 0 Å². The van der Waals surface area contributed by atoms with Crippen LogP contribution in [-0.4, -0.2) is 47.3 Å². The molecule has 1 aliphatic heterocycles. The van der Waals surface area contributed by atoms with Crippen molar-refractivity contribution in [1.29, 1.82) is 0 Å². The van der Waals surface area contributed by atoms with Crippen LogP contribution in [0.2, 0.25) is 0 Å². The molecule has 2 fully saturated rings. The summed E-state index contributed by atoms with van der Waals surface area (Å²) in [6.45, 7) is 6.00. The molecule has 7 heteroatoms. The summed E-state index contributed by atoms with van der Waals surface area (Å²) in [6, 6.07) is 0. The number of amides is 1. The number of carbonyl (C=O) groups excluding carboxylic acids is 1. The highest BCUT2D eigenvalue weighted by atomic mass is 16.5. The summed E-state index contributed by atoms with van der Waals surface area (Å²) >= 11 is 0. The van der Waals surface area contributed by atoms with Crippen molar-refractivity contribution in [3.63, 3.8) is 0 Å². The van der Waals surface area contributed by atoms with Gasteiger partial charge in [0.05, 0.1) is 18.9 Å². The number of carbonyl (C=O) groups is 1. The van der Waals surface area contributed by atoms with Crippen molar-refractivity contribution in [2.24, 2.45) is 5.92 Å². The van der Waals surface area contributed by atoms with Gasteiger partial charge in [-0.2, -0.15) is 0 Å². The second-order valence-corrected chi connectivity index (χ2v) is 8.31. The van der Waals surface area contributed by atoms with Crippen LogP contribution in [0.15, 0.2) is 4.42 Å². The molecule has 1 saturated carbocycles. The third-order valence-corrected chi connectivity index (χ3v) is 6.18. The number of aromatic nitrogens is 1. The summed E-state index contributed by atoms with van der Waals surface area (Å²) in [7, 11) is 0. The molecule has 0 bridgehead atoms. The van der Waals surface area contributed by atoms with E-state index in [-0.39, 0.29) is 18.2 Å². The second kappa shape index (κ2) is 10.9. The van der Waals surface area contributed by atoms with Crippen LogP contribution < -0.4 is 5.48 Å². The molecule has 1 aromatic rings. The average Bonchev–Trinajstić information content (AvgIpc) is 3.09. The quantitative estimate of drug-likeness (QED) is 0.493. The Balaban J connectivity index is 1.59. The molecule has 1 atom stereocenters. The summed E-state index contributed by atoms with van der Waals surface area (Å²) in [4.78, 5) is 18.9. The highest BCUT2D eigenvalue weighted by Crippen LogP contribution is 2.32. The molecule has 28 heavy (non-hydrogen) atoms. The van der Waals surface area contributed by atoms with Crippen molar-refractivity contribution >= 4 is 5.91 Å². The van der Waals surface area contributed by atoms with Crippen LogP contribution in [-0.2, 0) is 16.1 Å². The third-order valence-electron chi connectivity index (χ3n) is 6.18. The molecule has 7 nitrogen and oxygen atoms in total. The number of aryl methyl sites for hydroxylation is 1. The number of hydroxylamine groups is 1. The normalized spacial score (nSPS) is 20.2. The largest absolute Gasteiger partial charge is 0.445 e. The number of hydrogen-bond donors (Lipinski definition) is 2. The first-order valence-corrected chi connectivity index (χ1v) is 10.8. The summed E-state index contributed by atoms with van der Waals surface area (Å²) in [6.07, 6.45) is 10.1. The first-order valence-electron chi connectivity index (χ1n) is 10.8. The van der Waals surface area contributed by atoms with E-state index in [2.05, 4.69) is 4.90 Å². The molecule has 1 saturated heterocycles. The third kappa shape index (κ3) is 6.29. The fourth-order valence-corrected chi connectivity index (χ4v) is 4.45. The Morgan fingerprint density at radius 3 is 2.75 bits per heavy atom. The number of ether oxygens (including phenoxy) is 1. The van der Waals surface area contributed by atoms with Crippen molar-refractivity contribution in [3.8, 4) is 0 Å². The van der Waals surface area contributed by atoms with Gasteiger partial charge in [0.1, 0.15) is 5.76 Å². The van der Waals surface area contributed by atoms with E-state index in [0.717, 1.165) is 63.1 Å². The van der Waals surface area contributed by atoms with E-state index in [1.54, 1.807) is 5.48 Å². The molecule has 0 unspecified atom stereocenters. The minimum Gasteiger partial charge on any atom is -0.445 e. The van der Waals surface area contributed by atoms with Gasteiger partial charge in [-0.25, -0.2) is 10.5 Å². The van der Waals surface area contributed by atoms with Gasteiger partial charge in [0.2, 0.25) is 5.91 Å². The Morgan fingerprint density at radius 2 is 2.04 bits per heavy atom. The van der Waals surface area contributed by atoms with Gasteiger partial charge >= 0.3 is 0 Å². The summed E-state index contributed by atoms with van der Waals surface area (Å²) in [5, 5.41) is 8.97. The predicted molar refractivity (Wildman–Crippen MR) is 105 cm³/mol. The highest BCUT2D eigenvalue weighted by molar-refractivity contribution is 5.75. The number of hydrogen-bond acceptors (Lipinski definition) is 6. The first kappa shape index (κ1) is 21.3. The maximum Gasteiger partial charge on any atom is 0.244 e. The van der Waals surface area contributed by atoms with Gasteiger partial charge in [-0.3, -0.25) is 14.9 Å². The molecule has 0 spiro atoms. The van der Waals surface area contributed by atoms with Crippen LogP contribution in [0.3, 0.4) is 0 Å². The number of oxazole rings is 1. The zero-order valence-corrected chi connectivity index (χ0v) is 17.1. The zero-order valence-electron chi connectivity index (χ0n) is 17.1. The molecule has 2 aliphatic rings. The van der Waals surface area contributed by atoms with Crippen molar-refractivity contribution in [1.82, 2.24) is 15.4 Å². The van der Waals surface area contributed by atoms with Gasteiger partial charge in [-0.1, -0.05) is 44.9 Å². The molecule has 1 amide bonds. The second-order valence-electron chi connectivity index (χ2n) is 8.31. The molecule has 3 rings (SSSR count). The summed E-state index contributed by atoms with van der Waals surface area (Å²) in [5.41, 5.74) is 2.70. The Morgan fingerprint density at radius 1 is 1.29 bits per heavy atom. The summed E-state index contributed by atoms with van der Waals surface area (Å²) in [5.74, 6) is 1.81. The van der Waals surface area contributed by atoms with E-state index < -0.39 is 0 Å². The predicted octanol–water partition coefficient (Wildman–Crippen LogP) is 3.54. The number of nitrogens with one attached hydrogen (secondary N) is 1. The van der Waals surface area contributed by atoms with E-state index in [4.69, 9.17) is 19.3 Å². The molecule has 0 radical (unpaired) electrons. The molecular formula is C21H35N3O4. The van der Waals surface area contributed by atoms with Crippen molar-refractivity contribution in [3.05, 3.63) is 17.3 Å². The molecule has 2 heterocycles. The van der Waals surface area contributed by atoms with Crippen molar-refractivity contribution < 1.29 is 19.2 Å². The highest BCUT2D eigenvalue weighted by Gasteiger charge is 2.24. The average molecular weight is 394 g/mol. The van der Waals surface area contributed by atoms with Gasteiger partial charge in [-0.05, 0) is 19.3 Å². The molecule has 2 N–H and O–H groups in total. The van der Waals surface area contributed by atoms with Gasteiger partial charge in [0.25, 0.3) is 0 Å². The maximum absolute atomic E-state index is 11.8. The SMILES string of the molecule is Cc1oc([C@@H](CCCC2CCCCC2)CC(=O)NO)nc1CN1CCOCC1. The first-order chi connectivity index (χ1) is 13.7. The van der Waals surface area contributed by atoms with Crippen molar-refractivity contribution in [2.75, 3.05) is 26.3 Å². The lowest BCUT2D eigenvalue weighted by Crippen LogP contribution is -2.35. The van der Waals surface area contributed by atoms with Gasteiger partial charge in [0, 0.05) is 32.0 Å². The van der Waals surface area contributed by atoms with E-state index in [1.807, 2.05) is 6.92 Å².